The maximum absolute atomic E-state index is 11.6. The Kier molecular flexibility index (Phi) is 6.37. The summed E-state index contributed by atoms with van der Waals surface area (Å²) in [6.45, 7) is 3.49. The molecule has 1 fully saturated rings. The number of hydrogen-bond acceptors (Lipinski definition) is 4. The van der Waals surface area contributed by atoms with E-state index in [1.807, 2.05) is 4.90 Å². The molecule has 0 aromatic heterocycles. The van der Waals surface area contributed by atoms with Crippen molar-refractivity contribution in [2.75, 3.05) is 40.0 Å². The van der Waals surface area contributed by atoms with Crippen LogP contribution in [-0.2, 0) is 14.3 Å². The third-order valence-electron chi connectivity index (χ3n) is 2.72. The molecule has 0 aromatic rings. The molecule has 1 saturated heterocycles. The number of hydrogen-bond donors (Lipinski definition) is 1. The Labute approximate surface area is 96.9 Å². The van der Waals surface area contributed by atoms with Crippen molar-refractivity contribution in [3.63, 3.8) is 0 Å². The Morgan fingerprint density at radius 1 is 1.44 bits per heavy atom. The van der Waals surface area contributed by atoms with Crippen LogP contribution in [-0.4, -0.2) is 56.9 Å². The summed E-state index contributed by atoms with van der Waals surface area (Å²) in [5.74, 6) is 0.0862. The fourth-order valence-corrected chi connectivity index (χ4v) is 1.79. The summed E-state index contributed by atoms with van der Waals surface area (Å²) in [5, 5.41) is 0. The van der Waals surface area contributed by atoms with E-state index in [2.05, 4.69) is 0 Å². The fourth-order valence-electron chi connectivity index (χ4n) is 1.79. The number of piperidine rings is 1. The fraction of sp³-hybridized carbons (Fsp3) is 0.909. The second kappa shape index (κ2) is 7.60. The molecule has 1 aliphatic heterocycles. The summed E-state index contributed by atoms with van der Waals surface area (Å²) in [6.07, 6.45) is 2.69. The third-order valence-corrected chi connectivity index (χ3v) is 2.72. The van der Waals surface area contributed by atoms with Gasteiger partial charge in [0.2, 0.25) is 5.91 Å². The normalized spacial score (nSPS) is 21.5. The highest BCUT2D eigenvalue weighted by Gasteiger charge is 2.24. The molecule has 1 amide bonds. The van der Waals surface area contributed by atoms with Crippen LogP contribution in [0.4, 0.5) is 0 Å². The first-order valence-corrected chi connectivity index (χ1v) is 5.86. The highest BCUT2D eigenvalue weighted by Crippen LogP contribution is 2.09. The number of methoxy groups -OCH3 is 1. The van der Waals surface area contributed by atoms with E-state index >= 15 is 0 Å². The number of nitrogens with zero attached hydrogens (tertiary/aromatic N) is 1. The summed E-state index contributed by atoms with van der Waals surface area (Å²) >= 11 is 0. The largest absolute Gasteiger partial charge is 0.382 e. The van der Waals surface area contributed by atoms with Gasteiger partial charge in [0.05, 0.1) is 19.3 Å². The van der Waals surface area contributed by atoms with Gasteiger partial charge in [-0.05, 0) is 19.3 Å². The molecule has 0 aliphatic carbocycles. The van der Waals surface area contributed by atoms with E-state index in [1.165, 1.54) is 0 Å². The number of likely N-dealkylation sites (tertiary alicyclic amines) is 1. The van der Waals surface area contributed by atoms with Crippen LogP contribution in [0.1, 0.15) is 19.3 Å². The topological polar surface area (TPSA) is 64.8 Å². The predicted octanol–water partition coefficient (Wildman–Crippen LogP) is -0.0108. The molecule has 0 aromatic carbocycles. The Morgan fingerprint density at radius 2 is 2.25 bits per heavy atom. The van der Waals surface area contributed by atoms with Crippen molar-refractivity contribution < 1.29 is 14.3 Å². The van der Waals surface area contributed by atoms with E-state index in [-0.39, 0.29) is 11.9 Å². The third kappa shape index (κ3) is 4.47. The summed E-state index contributed by atoms with van der Waals surface area (Å²) in [5.41, 5.74) is 5.70. The number of amides is 1. The summed E-state index contributed by atoms with van der Waals surface area (Å²) < 4.78 is 10.2. The lowest BCUT2D eigenvalue weighted by Crippen LogP contribution is -2.48. The molecule has 1 rings (SSSR count). The van der Waals surface area contributed by atoms with Crippen LogP contribution in [0.15, 0.2) is 0 Å². The van der Waals surface area contributed by atoms with Gasteiger partial charge in [-0.2, -0.15) is 0 Å². The second-order valence-corrected chi connectivity index (χ2v) is 4.03. The van der Waals surface area contributed by atoms with Crippen molar-refractivity contribution in [2.45, 2.75) is 25.3 Å². The molecule has 0 saturated carbocycles. The van der Waals surface area contributed by atoms with Crippen LogP contribution in [0, 0.1) is 0 Å². The van der Waals surface area contributed by atoms with Crippen molar-refractivity contribution in [1.82, 2.24) is 4.90 Å². The Balaban J connectivity index is 2.05. The molecule has 16 heavy (non-hydrogen) atoms. The van der Waals surface area contributed by atoms with Crippen LogP contribution < -0.4 is 5.73 Å². The minimum atomic E-state index is -0.289. The van der Waals surface area contributed by atoms with Crippen molar-refractivity contribution in [3.05, 3.63) is 0 Å². The number of ether oxygens (including phenoxy) is 2. The van der Waals surface area contributed by atoms with Crippen LogP contribution in [0.3, 0.4) is 0 Å². The zero-order valence-corrected chi connectivity index (χ0v) is 9.98. The molecule has 0 bridgehead atoms. The molecule has 94 valence electrons. The molecular weight excluding hydrogens is 208 g/mol. The van der Waals surface area contributed by atoms with E-state index in [0.29, 0.717) is 19.8 Å². The SMILES string of the molecule is COCCOCCCN1CCCC(N)C1=O. The van der Waals surface area contributed by atoms with E-state index in [1.54, 1.807) is 7.11 Å². The number of carbonyl (C=O) groups is 1. The average Bonchev–Trinajstić information content (AvgIpc) is 2.29. The zero-order chi connectivity index (χ0) is 11.8. The van der Waals surface area contributed by atoms with Crippen LogP contribution in [0.5, 0.6) is 0 Å². The molecule has 1 aliphatic rings. The average molecular weight is 230 g/mol. The lowest BCUT2D eigenvalue weighted by molar-refractivity contribution is -0.135. The minimum Gasteiger partial charge on any atom is -0.382 e. The van der Waals surface area contributed by atoms with Gasteiger partial charge in [0, 0.05) is 26.8 Å². The first-order chi connectivity index (χ1) is 7.75. The van der Waals surface area contributed by atoms with Crippen molar-refractivity contribution in [1.29, 1.82) is 0 Å². The maximum Gasteiger partial charge on any atom is 0.239 e. The van der Waals surface area contributed by atoms with Crippen LogP contribution in [0.2, 0.25) is 0 Å². The van der Waals surface area contributed by atoms with Gasteiger partial charge in [0.1, 0.15) is 0 Å². The van der Waals surface area contributed by atoms with E-state index in [9.17, 15) is 4.79 Å². The van der Waals surface area contributed by atoms with Gasteiger partial charge in [-0.15, -0.1) is 0 Å². The Morgan fingerprint density at radius 3 is 3.00 bits per heavy atom. The molecule has 1 atom stereocenters. The lowest BCUT2D eigenvalue weighted by atomic mass is 10.1. The van der Waals surface area contributed by atoms with Crippen molar-refractivity contribution >= 4 is 5.91 Å². The summed E-state index contributed by atoms with van der Waals surface area (Å²) in [4.78, 5) is 13.5. The van der Waals surface area contributed by atoms with Crippen molar-refractivity contribution in [2.24, 2.45) is 5.73 Å². The molecule has 5 nitrogen and oxygen atoms in total. The number of nitrogens with two attached hydrogens (primary N) is 1. The molecule has 0 spiro atoms. The smallest absolute Gasteiger partial charge is 0.239 e. The second-order valence-electron chi connectivity index (χ2n) is 4.03. The zero-order valence-electron chi connectivity index (χ0n) is 9.98. The Bertz CT molecular complexity index is 211. The maximum atomic E-state index is 11.6. The highest BCUT2D eigenvalue weighted by molar-refractivity contribution is 5.82. The van der Waals surface area contributed by atoms with Crippen LogP contribution >= 0.6 is 0 Å². The predicted molar refractivity (Wildman–Crippen MR) is 61.1 cm³/mol. The van der Waals surface area contributed by atoms with Gasteiger partial charge in [-0.3, -0.25) is 4.79 Å². The molecule has 1 unspecified atom stereocenters. The summed E-state index contributed by atoms with van der Waals surface area (Å²) in [6, 6.07) is -0.289. The first kappa shape index (κ1) is 13.4. The molecule has 5 heteroatoms. The molecule has 2 N–H and O–H groups in total. The molecular formula is C11H22N2O3. The number of carbonyl (C=O) groups excluding carboxylic acids is 1. The quantitative estimate of drug-likeness (QED) is 0.625. The lowest BCUT2D eigenvalue weighted by Gasteiger charge is -2.30. The van der Waals surface area contributed by atoms with Gasteiger partial charge in [0.15, 0.2) is 0 Å². The van der Waals surface area contributed by atoms with Gasteiger partial charge < -0.3 is 20.1 Å². The van der Waals surface area contributed by atoms with Gasteiger partial charge in [-0.1, -0.05) is 0 Å². The van der Waals surface area contributed by atoms with E-state index in [0.717, 1.165) is 32.4 Å². The number of rotatable bonds is 7. The van der Waals surface area contributed by atoms with Crippen molar-refractivity contribution in [3.8, 4) is 0 Å². The standard InChI is InChI=1S/C11H22N2O3/c1-15-8-9-16-7-3-6-13-5-2-4-10(12)11(13)14/h10H,2-9,12H2,1H3. The molecule has 0 radical (unpaired) electrons. The van der Waals surface area contributed by atoms with Crippen LogP contribution in [0.25, 0.3) is 0 Å². The van der Waals surface area contributed by atoms with Gasteiger partial charge >= 0.3 is 0 Å². The minimum absolute atomic E-state index is 0.0862. The van der Waals surface area contributed by atoms with Gasteiger partial charge in [0.25, 0.3) is 0 Å². The first-order valence-electron chi connectivity index (χ1n) is 5.86. The monoisotopic (exact) mass is 230 g/mol. The van der Waals surface area contributed by atoms with E-state index in [4.69, 9.17) is 15.2 Å². The Hall–Kier alpha value is -0.650. The van der Waals surface area contributed by atoms with Gasteiger partial charge in [-0.25, -0.2) is 0 Å². The summed E-state index contributed by atoms with van der Waals surface area (Å²) in [7, 11) is 1.65. The van der Waals surface area contributed by atoms with E-state index < -0.39 is 0 Å². The highest BCUT2D eigenvalue weighted by atomic mass is 16.5. The molecule has 1 heterocycles.